The number of fused-ring (bicyclic) bond motifs is 1. The molecule has 1 atom stereocenters. The van der Waals surface area contributed by atoms with E-state index in [1.807, 2.05) is 13.8 Å². The normalized spacial score (nSPS) is 21.9. The number of nitrogens with zero attached hydrogens (tertiary/aromatic N) is 5. The van der Waals surface area contributed by atoms with E-state index in [0.717, 1.165) is 0 Å². The maximum absolute atomic E-state index is 12.7. The van der Waals surface area contributed by atoms with E-state index in [9.17, 15) is 9.59 Å². The highest BCUT2D eigenvalue weighted by Crippen LogP contribution is 2.27. The summed E-state index contributed by atoms with van der Waals surface area (Å²) in [6.45, 7) is 5.40. The molecule has 2 rings (SSSR count). The lowest BCUT2D eigenvalue weighted by molar-refractivity contribution is -0.132. The number of carbonyl (C=O) groups is 2. The van der Waals surface area contributed by atoms with Gasteiger partial charge in [0.05, 0.1) is 0 Å². The number of rotatable bonds is 2. The van der Waals surface area contributed by atoms with Gasteiger partial charge in [0.25, 0.3) is 5.91 Å². The Morgan fingerprint density at radius 1 is 1.43 bits per heavy atom. The van der Waals surface area contributed by atoms with Crippen molar-refractivity contribution < 1.29 is 9.59 Å². The van der Waals surface area contributed by atoms with E-state index in [4.69, 9.17) is 5.73 Å². The van der Waals surface area contributed by atoms with Crippen LogP contribution in [0.25, 0.3) is 0 Å². The molecule has 0 aromatic heterocycles. The van der Waals surface area contributed by atoms with Crippen molar-refractivity contribution in [2.24, 2.45) is 26.8 Å². The minimum absolute atomic E-state index is 0.0436. The standard InChI is InChI=1S/C12H18N6O2S/c1-6(2)5-8-9(20)18-11(17(8)7(3)19)16-15-10(13)14-12(18)21-4/h6,8H,5H2,1-4H3,(H2,13,15). The lowest BCUT2D eigenvalue weighted by atomic mass is 10.0. The second-order valence-corrected chi connectivity index (χ2v) is 5.94. The molecule has 2 aliphatic heterocycles. The molecule has 0 bridgehead atoms. The Labute approximate surface area is 127 Å². The lowest BCUT2D eigenvalue weighted by Gasteiger charge is -2.21. The number of aliphatic imine (C=N–C) groups is 1. The molecule has 0 aromatic rings. The molecule has 0 spiro atoms. The number of amides is 2. The van der Waals surface area contributed by atoms with Crippen LogP contribution in [0.4, 0.5) is 0 Å². The van der Waals surface area contributed by atoms with Gasteiger partial charge in [0.2, 0.25) is 17.8 Å². The van der Waals surface area contributed by atoms with E-state index in [1.54, 1.807) is 6.26 Å². The largest absolute Gasteiger partial charge is 0.366 e. The lowest BCUT2D eigenvalue weighted by Crippen LogP contribution is -2.40. The van der Waals surface area contributed by atoms with E-state index in [1.165, 1.54) is 28.5 Å². The van der Waals surface area contributed by atoms with Crippen LogP contribution in [0.2, 0.25) is 0 Å². The third-order valence-corrected chi connectivity index (χ3v) is 3.73. The van der Waals surface area contributed by atoms with Gasteiger partial charge >= 0.3 is 0 Å². The highest BCUT2D eigenvalue weighted by molar-refractivity contribution is 8.13. The number of hydrogen-bond acceptors (Lipinski definition) is 7. The average Bonchev–Trinajstić information content (AvgIpc) is 2.55. The van der Waals surface area contributed by atoms with Crippen LogP contribution in [-0.2, 0) is 9.59 Å². The van der Waals surface area contributed by atoms with Gasteiger partial charge < -0.3 is 5.73 Å². The molecule has 8 nitrogen and oxygen atoms in total. The molecule has 21 heavy (non-hydrogen) atoms. The average molecular weight is 310 g/mol. The van der Waals surface area contributed by atoms with E-state index < -0.39 is 6.04 Å². The van der Waals surface area contributed by atoms with Crippen LogP contribution in [-0.4, -0.2) is 51.0 Å². The van der Waals surface area contributed by atoms with Crippen LogP contribution < -0.4 is 5.73 Å². The van der Waals surface area contributed by atoms with Crippen molar-refractivity contribution in [3.63, 3.8) is 0 Å². The van der Waals surface area contributed by atoms with Crippen molar-refractivity contribution in [3.05, 3.63) is 0 Å². The maximum Gasteiger partial charge on any atom is 0.258 e. The SMILES string of the molecule is CSC1=NC(N)=NN=C2N1C(=O)C(CC(C)C)N2C(C)=O. The van der Waals surface area contributed by atoms with Crippen molar-refractivity contribution in [2.75, 3.05) is 6.26 Å². The minimum atomic E-state index is -0.576. The fraction of sp³-hybridized carbons (Fsp3) is 0.583. The smallest absolute Gasteiger partial charge is 0.258 e. The highest BCUT2D eigenvalue weighted by Gasteiger charge is 2.48. The monoisotopic (exact) mass is 310 g/mol. The summed E-state index contributed by atoms with van der Waals surface area (Å²) in [6.07, 6.45) is 2.32. The van der Waals surface area contributed by atoms with E-state index in [-0.39, 0.29) is 29.7 Å². The quantitative estimate of drug-likeness (QED) is 0.797. The molecule has 1 fully saturated rings. The fourth-order valence-electron chi connectivity index (χ4n) is 2.29. The van der Waals surface area contributed by atoms with Gasteiger partial charge in [-0.3, -0.25) is 14.5 Å². The maximum atomic E-state index is 12.7. The number of nitrogens with two attached hydrogens (primary N) is 1. The van der Waals surface area contributed by atoms with Gasteiger partial charge in [-0.25, -0.2) is 4.90 Å². The van der Waals surface area contributed by atoms with Gasteiger partial charge in [0.15, 0.2) is 5.17 Å². The molecule has 9 heteroatoms. The first-order valence-electron chi connectivity index (χ1n) is 6.54. The Morgan fingerprint density at radius 3 is 2.62 bits per heavy atom. The van der Waals surface area contributed by atoms with Crippen LogP contribution in [0, 0.1) is 5.92 Å². The summed E-state index contributed by atoms with van der Waals surface area (Å²) in [4.78, 5) is 31.4. The van der Waals surface area contributed by atoms with Gasteiger partial charge in [-0.15, -0.1) is 10.2 Å². The molecular weight excluding hydrogens is 292 g/mol. The zero-order valence-electron chi connectivity index (χ0n) is 12.4. The van der Waals surface area contributed by atoms with Crippen molar-refractivity contribution in [2.45, 2.75) is 33.2 Å². The zero-order chi connectivity index (χ0) is 15.7. The first-order valence-corrected chi connectivity index (χ1v) is 7.76. The topological polar surface area (TPSA) is 104 Å². The predicted octanol–water partition coefficient (Wildman–Crippen LogP) is 0.410. The molecule has 0 radical (unpaired) electrons. The van der Waals surface area contributed by atoms with E-state index in [2.05, 4.69) is 15.2 Å². The zero-order valence-corrected chi connectivity index (χ0v) is 13.2. The van der Waals surface area contributed by atoms with Gasteiger partial charge in [0.1, 0.15) is 6.04 Å². The first kappa shape index (κ1) is 15.5. The molecule has 2 aliphatic rings. The molecule has 0 saturated carbocycles. The third kappa shape index (κ3) is 2.78. The molecule has 1 saturated heterocycles. The van der Waals surface area contributed by atoms with E-state index >= 15 is 0 Å². The molecule has 2 amide bonds. The minimum Gasteiger partial charge on any atom is -0.366 e. The van der Waals surface area contributed by atoms with Crippen molar-refractivity contribution in [1.82, 2.24) is 9.80 Å². The summed E-state index contributed by atoms with van der Waals surface area (Å²) in [7, 11) is 0. The van der Waals surface area contributed by atoms with Crippen molar-refractivity contribution in [3.8, 4) is 0 Å². The van der Waals surface area contributed by atoms with Crippen molar-refractivity contribution in [1.29, 1.82) is 0 Å². The second-order valence-electron chi connectivity index (χ2n) is 5.16. The van der Waals surface area contributed by atoms with Crippen LogP contribution in [0.1, 0.15) is 27.2 Å². The number of carbonyl (C=O) groups excluding carboxylic acids is 2. The Bertz CT molecular complexity index is 568. The molecule has 2 N–H and O–H groups in total. The fourth-order valence-corrected chi connectivity index (χ4v) is 2.83. The summed E-state index contributed by atoms with van der Waals surface area (Å²) in [5, 5.41) is 8.05. The Hall–Kier alpha value is -1.90. The number of guanidine groups is 2. The summed E-state index contributed by atoms with van der Waals surface area (Å²) in [5.41, 5.74) is 5.59. The van der Waals surface area contributed by atoms with Crippen LogP contribution in [0.15, 0.2) is 15.2 Å². The highest BCUT2D eigenvalue weighted by atomic mass is 32.2. The van der Waals surface area contributed by atoms with Gasteiger partial charge in [-0.1, -0.05) is 25.6 Å². The Morgan fingerprint density at radius 2 is 2.10 bits per heavy atom. The Kier molecular flexibility index (Phi) is 4.31. The van der Waals surface area contributed by atoms with Crippen LogP contribution >= 0.6 is 11.8 Å². The summed E-state index contributed by atoms with van der Waals surface area (Å²) >= 11 is 1.25. The molecule has 1 unspecified atom stereocenters. The first-order chi connectivity index (χ1) is 9.86. The predicted molar refractivity (Wildman–Crippen MR) is 82.6 cm³/mol. The molecule has 114 valence electrons. The van der Waals surface area contributed by atoms with Crippen LogP contribution in [0.3, 0.4) is 0 Å². The van der Waals surface area contributed by atoms with Gasteiger partial charge in [-0.2, -0.15) is 4.99 Å². The van der Waals surface area contributed by atoms with E-state index in [0.29, 0.717) is 11.6 Å². The van der Waals surface area contributed by atoms with Crippen LogP contribution in [0.5, 0.6) is 0 Å². The number of hydrogen-bond donors (Lipinski definition) is 1. The molecular formula is C12H18N6O2S. The third-order valence-electron chi connectivity index (χ3n) is 3.09. The second kappa shape index (κ2) is 5.84. The molecule has 0 aliphatic carbocycles. The van der Waals surface area contributed by atoms with Crippen molar-refractivity contribution >= 4 is 40.7 Å². The Balaban J connectivity index is 2.52. The summed E-state index contributed by atoms with van der Waals surface area (Å²) < 4.78 is 0. The summed E-state index contributed by atoms with van der Waals surface area (Å²) in [5.74, 6) is -0.0973. The number of thioether (sulfide) groups is 1. The number of amidine groups is 1. The molecule has 2 heterocycles. The van der Waals surface area contributed by atoms with Gasteiger partial charge in [-0.05, 0) is 18.6 Å². The van der Waals surface area contributed by atoms with Gasteiger partial charge in [0, 0.05) is 6.92 Å². The summed E-state index contributed by atoms with van der Waals surface area (Å²) in [6, 6.07) is -0.576. The molecule has 0 aromatic carbocycles.